The van der Waals surface area contributed by atoms with Gasteiger partial charge in [0.2, 0.25) is 0 Å². The van der Waals surface area contributed by atoms with Crippen LogP contribution in [0.5, 0.6) is 0 Å². The quantitative estimate of drug-likeness (QED) is 0.233. The number of halogens is 3. The highest BCUT2D eigenvalue weighted by Crippen LogP contribution is 2.35. The number of hydrogen-bond acceptors (Lipinski definition) is 6. The number of alkyl halides is 3. The van der Waals surface area contributed by atoms with Crippen LogP contribution in [0.3, 0.4) is 0 Å². The molecule has 7 nitrogen and oxygen atoms in total. The fourth-order valence-electron chi connectivity index (χ4n) is 3.93. The number of aromatic nitrogens is 2. The Bertz CT molecular complexity index is 1290. The number of rotatable bonds is 11. The van der Waals surface area contributed by atoms with Gasteiger partial charge in [-0.1, -0.05) is 30.3 Å². The molecule has 2 aromatic carbocycles. The predicted molar refractivity (Wildman–Crippen MR) is 138 cm³/mol. The van der Waals surface area contributed by atoms with Gasteiger partial charge in [-0.3, -0.25) is 20.6 Å². The summed E-state index contributed by atoms with van der Waals surface area (Å²) in [7, 11) is 0. The summed E-state index contributed by atoms with van der Waals surface area (Å²) in [6, 6.07) is 22.1. The number of pyridine rings is 2. The summed E-state index contributed by atoms with van der Waals surface area (Å²) in [6.07, 6.45) is -1.70. The number of anilines is 2. The molecule has 0 atom stereocenters. The van der Waals surface area contributed by atoms with E-state index in [0.29, 0.717) is 13.1 Å². The average molecular weight is 522 g/mol. The Kier molecular flexibility index (Phi) is 8.67. The average Bonchev–Trinajstić information content (AvgIpc) is 2.93. The Morgan fingerprint density at radius 3 is 2.00 bits per heavy atom. The predicted octanol–water partition coefficient (Wildman–Crippen LogP) is 5.24. The van der Waals surface area contributed by atoms with Gasteiger partial charge in [0, 0.05) is 31.2 Å². The lowest BCUT2D eigenvalue weighted by atomic mass is 10.1. The second-order valence-electron chi connectivity index (χ2n) is 8.44. The lowest BCUT2D eigenvalue weighted by molar-refractivity contribution is -0.137. The van der Waals surface area contributed by atoms with Crippen molar-refractivity contribution in [1.29, 1.82) is 0 Å². The molecule has 4 aromatic rings. The zero-order valence-electron chi connectivity index (χ0n) is 20.3. The maximum atomic E-state index is 13.6. The summed E-state index contributed by atoms with van der Waals surface area (Å²) in [6.45, 7) is 0.848. The first kappa shape index (κ1) is 26.8. The molecule has 0 bridgehead atoms. The lowest BCUT2D eigenvalue weighted by Crippen LogP contribution is -2.49. The number of carbonyl (C=O) groups is 1. The maximum Gasteiger partial charge on any atom is 0.416 e. The second-order valence-corrected chi connectivity index (χ2v) is 8.44. The molecule has 0 saturated carbocycles. The normalized spacial score (nSPS) is 11.5. The minimum absolute atomic E-state index is 0.0295. The summed E-state index contributed by atoms with van der Waals surface area (Å²) in [5.74, 6) is -1.18. The van der Waals surface area contributed by atoms with Crippen LogP contribution < -0.4 is 15.5 Å². The highest BCUT2D eigenvalue weighted by atomic mass is 19.4. The first-order valence-electron chi connectivity index (χ1n) is 11.8. The fraction of sp³-hybridized carbons (Fsp3) is 0.179. The number of aromatic carboxylic acids is 1. The summed E-state index contributed by atoms with van der Waals surface area (Å²) in [5.41, 5.74) is 1.16. The van der Waals surface area contributed by atoms with E-state index >= 15 is 0 Å². The second kappa shape index (κ2) is 12.3. The molecule has 2 aromatic heterocycles. The minimum atomic E-state index is -4.55. The molecule has 0 radical (unpaired) electrons. The van der Waals surface area contributed by atoms with Crippen LogP contribution in [0.4, 0.5) is 24.5 Å². The molecule has 38 heavy (non-hydrogen) atoms. The van der Waals surface area contributed by atoms with Crippen molar-refractivity contribution in [1.82, 2.24) is 20.6 Å². The number of para-hydroxylation sites is 1. The molecule has 196 valence electrons. The van der Waals surface area contributed by atoms with Crippen LogP contribution in [-0.2, 0) is 19.3 Å². The van der Waals surface area contributed by atoms with Gasteiger partial charge in [0.25, 0.3) is 0 Å². The molecule has 3 N–H and O–H groups in total. The van der Waals surface area contributed by atoms with E-state index in [1.165, 1.54) is 18.2 Å². The molecule has 0 aliphatic heterocycles. The van der Waals surface area contributed by atoms with Gasteiger partial charge < -0.3 is 10.0 Å². The largest absolute Gasteiger partial charge is 0.478 e. The summed E-state index contributed by atoms with van der Waals surface area (Å²) in [5, 5.41) is 16.5. The number of nitrogens with one attached hydrogen (secondary N) is 2. The van der Waals surface area contributed by atoms with E-state index in [1.54, 1.807) is 47.6 Å². The lowest BCUT2D eigenvalue weighted by Gasteiger charge is -2.32. The van der Waals surface area contributed by atoms with Crippen molar-refractivity contribution in [3.63, 3.8) is 0 Å². The van der Waals surface area contributed by atoms with E-state index in [4.69, 9.17) is 0 Å². The Morgan fingerprint density at radius 1 is 0.842 bits per heavy atom. The fourth-order valence-corrected chi connectivity index (χ4v) is 3.93. The van der Waals surface area contributed by atoms with Crippen molar-refractivity contribution < 1.29 is 23.1 Å². The number of carboxylic acids is 1. The van der Waals surface area contributed by atoms with Crippen molar-refractivity contribution >= 4 is 17.3 Å². The van der Waals surface area contributed by atoms with E-state index < -0.39 is 23.9 Å². The smallest absolute Gasteiger partial charge is 0.416 e. The molecule has 0 aliphatic rings. The SMILES string of the molecule is O=C(O)c1ccccc1N(CC(NCc1ccccn1)NCc1ccccn1)c1cccc(C(F)(F)F)c1. The highest BCUT2D eigenvalue weighted by Gasteiger charge is 2.31. The molecule has 0 saturated heterocycles. The van der Waals surface area contributed by atoms with E-state index in [2.05, 4.69) is 20.6 Å². The standard InChI is InChI=1S/C28H26F3N5O2/c29-28(30,31)20-8-7-11-23(16-20)36(25-13-2-1-12-24(25)27(37)38)19-26(34-17-21-9-3-5-14-32-21)35-18-22-10-4-6-15-33-22/h1-16,26,34-35H,17-19H2,(H,37,38). The van der Waals surface area contributed by atoms with E-state index in [9.17, 15) is 23.1 Å². The third-order valence-corrected chi connectivity index (χ3v) is 5.79. The molecule has 0 aliphatic carbocycles. The van der Waals surface area contributed by atoms with Crippen molar-refractivity contribution in [3.8, 4) is 0 Å². The third kappa shape index (κ3) is 7.15. The molecule has 0 unspecified atom stereocenters. The van der Waals surface area contributed by atoms with Gasteiger partial charge in [-0.15, -0.1) is 0 Å². The van der Waals surface area contributed by atoms with Crippen molar-refractivity contribution in [2.75, 3.05) is 11.4 Å². The van der Waals surface area contributed by atoms with E-state index in [0.717, 1.165) is 23.5 Å². The molecule has 2 heterocycles. The molecular formula is C28H26F3N5O2. The van der Waals surface area contributed by atoms with Crippen molar-refractivity contribution in [2.45, 2.75) is 25.4 Å². The van der Waals surface area contributed by atoms with Crippen LogP contribution >= 0.6 is 0 Å². The molecular weight excluding hydrogens is 495 g/mol. The van der Waals surface area contributed by atoms with Gasteiger partial charge in [0.15, 0.2) is 0 Å². The number of nitrogens with zero attached hydrogens (tertiary/aromatic N) is 3. The molecule has 0 amide bonds. The number of benzene rings is 2. The first-order valence-corrected chi connectivity index (χ1v) is 11.8. The maximum absolute atomic E-state index is 13.6. The number of hydrogen-bond donors (Lipinski definition) is 3. The van der Waals surface area contributed by atoms with Gasteiger partial charge in [-0.25, -0.2) is 4.79 Å². The summed E-state index contributed by atoms with van der Waals surface area (Å²) >= 11 is 0. The van der Waals surface area contributed by atoms with E-state index in [-0.39, 0.29) is 23.5 Å². The zero-order chi connectivity index (χ0) is 27.0. The Balaban J connectivity index is 1.70. The molecule has 4 rings (SSSR count). The molecule has 0 fully saturated rings. The van der Waals surface area contributed by atoms with Crippen molar-refractivity contribution in [3.05, 3.63) is 120 Å². The molecule has 0 spiro atoms. The monoisotopic (exact) mass is 521 g/mol. The highest BCUT2D eigenvalue weighted by molar-refractivity contribution is 5.95. The first-order chi connectivity index (χ1) is 18.3. The number of carboxylic acid groups (broad SMARTS) is 1. The molecule has 10 heteroatoms. The Morgan fingerprint density at radius 2 is 1.45 bits per heavy atom. The summed E-state index contributed by atoms with van der Waals surface area (Å²) < 4.78 is 40.7. The zero-order valence-corrected chi connectivity index (χ0v) is 20.3. The topological polar surface area (TPSA) is 90.4 Å². The van der Waals surface area contributed by atoms with Crippen LogP contribution in [0.25, 0.3) is 0 Å². The van der Waals surface area contributed by atoms with Gasteiger partial charge in [0.1, 0.15) is 0 Å². The minimum Gasteiger partial charge on any atom is -0.478 e. The third-order valence-electron chi connectivity index (χ3n) is 5.79. The van der Waals surface area contributed by atoms with Gasteiger partial charge in [-0.05, 0) is 54.6 Å². The van der Waals surface area contributed by atoms with E-state index in [1.807, 2.05) is 24.3 Å². The van der Waals surface area contributed by atoms with Crippen LogP contribution in [0.1, 0.15) is 27.3 Å². The van der Waals surface area contributed by atoms with Gasteiger partial charge >= 0.3 is 12.1 Å². The Labute approximate surface area is 218 Å². The van der Waals surface area contributed by atoms with Crippen LogP contribution in [0, 0.1) is 0 Å². The van der Waals surface area contributed by atoms with Crippen LogP contribution in [0.15, 0.2) is 97.3 Å². The van der Waals surface area contributed by atoms with Crippen LogP contribution in [-0.4, -0.2) is 33.8 Å². The van der Waals surface area contributed by atoms with Crippen LogP contribution in [0.2, 0.25) is 0 Å². The Hall–Kier alpha value is -4.28. The van der Waals surface area contributed by atoms with Crippen molar-refractivity contribution in [2.24, 2.45) is 0 Å². The van der Waals surface area contributed by atoms with Gasteiger partial charge in [-0.2, -0.15) is 13.2 Å². The summed E-state index contributed by atoms with van der Waals surface area (Å²) in [4.78, 5) is 22.2. The van der Waals surface area contributed by atoms with Gasteiger partial charge in [0.05, 0.1) is 40.9 Å².